The van der Waals surface area contributed by atoms with Crippen molar-refractivity contribution >= 4 is 19.4 Å². The lowest BCUT2D eigenvalue weighted by molar-refractivity contribution is 0.291. The van der Waals surface area contributed by atoms with Crippen LogP contribution < -0.4 is 10.4 Å². The summed E-state index contributed by atoms with van der Waals surface area (Å²) in [4.78, 5) is 0. The van der Waals surface area contributed by atoms with E-state index in [9.17, 15) is 0 Å². The Kier molecular flexibility index (Phi) is 5.33. The van der Waals surface area contributed by atoms with Crippen LogP contribution in [0.1, 0.15) is 13.8 Å². The van der Waals surface area contributed by atoms with Gasteiger partial charge in [0.1, 0.15) is 0 Å². The van der Waals surface area contributed by atoms with Crippen LogP contribution >= 0.6 is 0 Å². The number of benzene rings is 2. The summed E-state index contributed by atoms with van der Waals surface area (Å²) >= 11 is 0. The Labute approximate surface area is 123 Å². The minimum Gasteiger partial charge on any atom is -0.407 e. The van der Waals surface area contributed by atoms with E-state index in [0.29, 0.717) is 5.92 Å². The number of hydrogen-bond acceptors (Lipinski definition) is 1. The van der Waals surface area contributed by atoms with Gasteiger partial charge in [-0.05, 0) is 23.2 Å². The SMILES string of the molecule is C=C(C)C(C)CO[Si](c1ccccc1)c1ccccc1. The first-order valence-corrected chi connectivity index (χ1v) is 8.35. The van der Waals surface area contributed by atoms with Crippen molar-refractivity contribution in [3.63, 3.8) is 0 Å². The van der Waals surface area contributed by atoms with Gasteiger partial charge in [0.25, 0.3) is 9.04 Å². The molecule has 2 heteroatoms. The molecule has 0 saturated carbocycles. The fourth-order valence-electron chi connectivity index (χ4n) is 1.86. The molecule has 0 aromatic heterocycles. The summed E-state index contributed by atoms with van der Waals surface area (Å²) in [5.41, 5.74) is 1.17. The lowest BCUT2D eigenvalue weighted by Gasteiger charge is -2.19. The first-order chi connectivity index (χ1) is 9.68. The average Bonchev–Trinajstić information content (AvgIpc) is 2.49. The van der Waals surface area contributed by atoms with E-state index in [-0.39, 0.29) is 0 Å². The third kappa shape index (κ3) is 3.92. The van der Waals surface area contributed by atoms with Crippen LogP contribution in [-0.4, -0.2) is 15.6 Å². The molecule has 0 saturated heterocycles. The monoisotopic (exact) mass is 281 g/mol. The van der Waals surface area contributed by atoms with Crippen LogP contribution in [0, 0.1) is 5.92 Å². The Morgan fingerprint density at radius 2 is 1.45 bits per heavy atom. The second-order valence-electron chi connectivity index (χ2n) is 5.12. The first-order valence-electron chi connectivity index (χ1n) is 6.94. The zero-order chi connectivity index (χ0) is 14.4. The molecule has 20 heavy (non-hydrogen) atoms. The molecule has 0 bridgehead atoms. The normalized spacial score (nSPS) is 12.3. The van der Waals surface area contributed by atoms with Crippen molar-refractivity contribution < 1.29 is 4.43 Å². The van der Waals surface area contributed by atoms with E-state index in [1.54, 1.807) is 0 Å². The van der Waals surface area contributed by atoms with E-state index in [4.69, 9.17) is 4.43 Å². The maximum atomic E-state index is 6.28. The Hall–Kier alpha value is -1.64. The molecule has 0 spiro atoms. The summed E-state index contributed by atoms with van der Waals surface area (Å²) < 4.78 is 6.28. The maximum Gasteiger partial charge on any atom is 0.282 e. The largest absolute Gasteiger partial charge is 0.407 e. The lowest BCUT2D eigenvalue weighted by Crippen LogP contribution is -2.45. The van der Waals surface area contributed by atoms with Gasteiger partial charge in [-0.1, -0.05) is 79.7 Å². The van der Waals surface area contributed by atoms with Gasteiger partial charge in [-0.3, -0.25) is 0 Å². The highest BCUT2D eigenvalue weighted by molar-refractivity contribution is 6.80. The average molecular weight is 281 g/mol. The minimum atomic E-state index is -1.17. The van der Waals surface area contributed by atoms with Crippen molar-refractivity contribution in [3.8, 4) is 0 Å². The molecule has 2 aromatic rings. The van der Waals surface area contributed by atoms with Crippen LogP contribution in [0.15, 0.2) is 72.8 Å². The van der Waals surface area contributed by atoms with Gasteiger partial charge in [0.2, 0.25) is 0 Å². The van der Waals surface area contributed by atoms with E-state index in [1.807, 2.05) is 12.1 Å². The van der Waals surface area contributed by atoms with E-state index >= 15 is 0 Å². The Balaban J connectivity index is 2.19. The molecule has 0 aliphatic carbocycles. The van der Waals surface area contributed by atoms with E-state index in [2.05, 4.69) is 69.0 Å². The topological polar surface area (TPSA) is 9.23 Å². The minimum absolute atomic E-state index is 0.391. The standard InChI is InChI=1S/C18H21OSi/c1-15(2)16(3)14-19-20(17-10-6-4-7-11-17)18-12-8-5-9-13-18/h4-13,16H,1,14H2,2-3H3. The molecule has 2 rings (SSSR count). The fourth-order valence-corrected chi connectivity index (χ4v) is 3.94. The summed E-state index contributed by atoms with van der Waals surface area (Å²) in [5, 5.41) is 2.58. The summed E-state index contributed by atoms with van der Waals surface area (Å²) in [7, 11) is -1.17. The maximum absolute atomic E-state index is 6.28. The molecular weight excluding hydrogens is 260 g/mol. The lowest BCUT2D eigenvalue weighted by atomic mass is 10.1. The van der Waals surface area contributed by atoms with Crippen molar-refractivity contribution in [1.82, 2.24) is 0 Å². The molecule has 0 aliphatic heterocycles. The van der Waals surface area contributed by atoms with Crippen LogP contribution in [0.3, 0.4) is 0 Å². The number of hydrogen-bond donors (Lipinski definition) is 0. The molecule has 2 aromatic carbocycles. The second kappa shape index (κ2) is 7.22. The third-order valence-electron chi connectivity index (χ3n) is 3.39. The first kappa shape index (κ1) is 14.8. The Morgan fingerprint density at radius 1 is 1.00 bits per heavy atom. The summed E-state index contributed by atoms with van der Waals surface area (Å²) in [5.74, 6) is 0.391. The van der Waals surface area contributed by atoms with Gasteiger partial charge in [0.05, 0.1) is 0 Å². The predicted octanol–water partition coefficient (Wildman–Crippen LogP) is 3.02. The summed E-state index contributed by atoms with van der Waals surface area (Å²) in [6.45, 7) is 8.96. The van der Waals surface area contributed by atoms with Crippen molar-refractivity contribution in [3.05, 3.63) is 72.8 Å². The van der Waals surface area contributed by atoms with Crippen molar-refractivity contribution in [1.29, 1.82) is 0 Å². The molecule has 0 heterocycles. The van der Waals surface area contributed by atoms with Gasteiger partial charge in [-0.2, -0.15) is 0 Å². The van der Waals surface area contributed by atoms with Gasteiger partial charge in [-0.15, -0.1) is 0 Å². The van der Waals surface area contributed by atoms with Crippen LogP contribution in [0.5, 0.6) is 0 Å². The van der Waals surface area contributed by atoms with Crippen molar-refractivity contribution in [2.24, 2.45) is 5.92 Å². The van der Waals surface area contributed by atoms with E-state index in [0.717, 1.165) is 6.61 Å². The van der Waals surface area contributed by atoms with Gasteiger partial charge in [0, 0.05) is 6.61 Å². The zero-order valence-corrected chi connectivity index (χ0v) is 13.2. The van der Waals surface area contributed by atoms with Crippen LogP contribution in [-0.2, 0) is 4.43 Å². The molecule has 1 unspecified atom stereocenters. The molecule has 1 radical (unpaired) electrons. The molecule has 1 nitrogen and oxygen atoms in total. The molecule has 0 amide bonds. The summed E-state index contributed by atoms with van der Waals surface area (Å²) in [6.07, 6.45) is 0. The fraction of sp³-hybridized carbons (Fsp3) is 0.222. The predicted molar refractivity (Wildman–Crippen MR) is 87.8 cm³/mol. The van der Waals surface area contributed by atoms with Crippen molar-refractivity contribution in [2.75, 3.05) is 6.61 Å². The number of rotatable bonds is 6. The summed E-state index contributed by atoms with van der Waals surface area (Å²) in [6, 6.07) is 21.0. The van der Waals surface area contributed by atoms with Gasteiger partial charge in [-0.25, -0.2) is 0 Å². The van der Waals surface area contributed by atoms with Gasteiger partial charge in [0.15, 0.2) is 0 Å². The van der Waals surface area contributed by atoms with E-state index < -0.39 is 9.04 Å². The second-order valence-corrected chi connectivity index (χ2v) is 7.22. The zero-order valence-electron chi connectivity index (χ0n) is 12.2. The van der Waals surface area contributed by atoms with Crippen LogP contribution in [0.4, 0.5) is 0 Å². The molecule has 0 N–H and O–H groups in total. The van der Waals surface area contributed by atoms with Gasteiger partial charge < -0.3 is 4.43 Å². The third-order valence-corrected chi connectivity index (χ3v) is 5.56. The highest BCUT2D eigenvalue weighted by Gasteiger charge is 2.19. The molecular formula is C18H21OSi. The molecule has 0 aliphatic rings. The molecule has 103 valence electrons. The van der Waals surface area contributed by atoms with Crippen LogP contribution in [0.2, 0.25) is 0 Å². The van der Waals surface area contributed by atoms with Crippen LogP contribution in [0.25, 0.3) is 0 Å². The highest BCUT2D eigenvalue weighted by Crippen LogP contribution is 2.08. The molecule has 0 fully saturated rings. The Morgan fingerprint density at radius 3 is 1.85 bits per heavy atom. The molecule has 1 atom stereocenters. The quantitative estimate of drug-likeness (QED) is 0.584. The van der Waals surface area contributed by atoms with Gasteiger partial charge >= 0.3 is 0 Å². The highest BCUT2D eigenvalue weighted by atomic mass is 28.3. The van der Waals surface area contributed by atoms with E-state index in [1.165, 1.54) is 15.9 Å². The smallest absolute Gasteiger partial charge is 0.282 e. The Bertz CT molecular complexity index is 496. The van der Waals surface area contributed by atoms with Crippen molar-refractivity contribution in [2.45, 2.75) is 13.8 Å².